The van der Waals surface area contributed by atoms with Crippen molar-refractivity contribution < 1.29 is 0 Å². The van der Waals surface area contributed by atoms with Gasteiger partial charge in [0.25, 0.3) is 0 Å². The van der Waals surface area contributed by atoms with Gasteiger partial charge >= 0.3 is 0 Å². The highest BCUT2D eigenvalue weighted by atomic mass is 127. The van der Waals surface area contributed by atoms with Crippen LogP contribution in [0.25, 0.3) is 3.58 Å². The summed E-state index contributed by atoms with van der Waals surface area (Å²) in [6.07, 6.45) is 4.50. The number of allylic oxidation sites excluding steroid dienone is 1. The lowest BCUT2D eigenvalue weighted by Gasteiger charge is -2.04. The van der Waals surface area contributed by atoms with Crippen molar-refractivity contribution in [3.05, 3.63) is 41.5 Å². The van der Waals surface area contributed by atoms with Crippen molar-refractivity contribution in [2.75, 3.05) is 4.43 Å². The number of hydrogen-bond donors (Lipinski definition) is 0. The van der Waals surface area contributed by atoms with Crippen molar-refractivity contribution in [2.45, 2.75) is 32.6 Å². The molecule has 0 aliphatic carbocycles. The lowest BCUT2D eigenvalue weighted by Crippen LogP contribution is -1.86. The number of rotatable bonds is 5. The minimum atomic E-state index is 1.01. The van der Waals surface area contributed by atoms with Crippen molar-refractivity contribution in [3.8, 4) is 11.8 Å². The molecule has 1 rings (SSSR count). The molecule has 0 aliphatic heterocycles. The molecule has 0 saturated heterocycles. The fourth-order valence-corrected chi connectivity index (χ4v) is 2.82. The Hall–Kier alpha value is -0.0200. The molecule has 0 heterocycles. The van der Waals surface area contributed by atoms with Crippen LogP contribution in [0.3, 0.4) is 0 Å². The molecule has 0 saturated carbocycles. The largest absolute Gasteiger partial charge is 0.0982 e. The van der Waals surface area contributed by atoms with Crippen LogP contribution in [0.15, 0.2) is 35.9 Å². The maximum absolute atomic E-state index is 3.37. The van der Waals surface area contributed by atoms with Crippen molar-refractivity contribution >= 4 is 48.8 Å². The zero-order valence-electron chi connectivity index (χ0n) is 10.7. The SMILES string of the molecule is CCCCC#C/C(CCI)=C(/I)c1ccccc1. The van der Waals surface area contributed by atoms with Crippen molar-refractivity contribution in [1.82, 2.24) is 0 Å². The van der Waals surface area contributed by atoms with Gasteiger partial charge in [-0.2, -0.15) is 0 Å². The quantitative estimate of drug-likeness (QED) is 0.222. The molecule has 96 valence electrons. The molecule has 0 radical (unpaired) electrons. The molecule has 0 N–H and O–H groups in total. The van der Waals surface area contributed by atoms with E-state index in [4.69, 9.17) is 0 Å². The van der Waals surface area contributed by atoms with Gasteiger partial charge < -0.3 is 0 Å². The Morgan fingerprint density at radius 1 is 1.22 bits per heavy atom. The van der Waals surface area contributed by atoms with Crippen LogP contribution in [0.1, 0.15) is 38.2 Å². The second-order valence-corrected chi connectivity index (χ2v) is 6.16. The van der Waals surface area contributed by atoms with E-state index in [1.807, 2.05) is 0 Å². The number of unbranched alkanes of at least 4 members (excludes halogenated alkanes) is 2. The third-order valence-corrected chi connectivity index (χ3v) is 4.34. The molecule has 1 aromatic carbocycles. The Kier molecular flexibility index (Phi) is 8.78. The molecule has 0 nitrogen and oxygen atoms in total. The van der Waals surface area contributed by atoms with Gasteiger partial charge in [-0.3, -0.25) is 0 Å². The molecule has 0 unspecified atom stereocenters. The third-order valence-electron chi connectivity index (χ3n) is 2.53. The maximum atomic E-state index is 3.37. The first-order valence-electron chi connectivity index (χ1n) is 6.28. The van der Waals surface area contributed by atoms with Gasteiger partial charge in [0.05, 0.1) is 0 Å². The summed E-state index contributed by atoms with van der Waals surface area (Å²) < 4.78 is 2.42. The van der Waals surface area contributed by atoms with Gasteiger partial charge in [0, 0.05) is 20.0 Å². The molecule has 0 bridgehead atoms. The van der Waals surface area contributed by atoms with E-state index in [-0.39, 0.29) is 0 Å². The molecule has 1 aromatic rings. The van der Waals surface area contributed by atoms with Crippen molar-refractivity contribution in [1.29, 1.82) is 0 Å². The number of hydrogen-bond acceptors (Lipinski definition) is 0. The average Bonchev–Trinajstić information content (AvgIpc) is 2.42. The van der Waals surface area contributed by atoms with Crippen LogP contribution in [-0.2, 0) is 0 Å². The number of benzene rings is 1. The third kappa shape index (κ3) is 5.75. The molecular weight excluding hydrogens is 446 g/mol. The Morgan fingerprint density at radius 2 is 1.94 bits per heavy atom. The minimum absolute atomic E-state index is 1.01. The van der Waals surface area contributed by atoms with E-state index < -0.39 is 0 Å². The topological polar surface area (TPSA) is 0 Å². The van der Waals surface area contributed by atoms with E-state index in [0.717, 1.165) is 17.3 Å². The Labute approximate surface area is 138 Å². The summed E-state index contributed by atoms with van der Waals surface area (Å²) in [7, 11) is 0. The summed E-state index contributed by atoms with van der Waals surface area (Å²) in [6, 6.07) is 10.5. The standard InChI is InChI=1S/C16H18I2/c1-2-3-4-6-11-15(12-13-17)16(18)14-9-7-5-8-10-14/h5,7-10H,2-4,12-13H2,1H3/b16-15-. The van der Waals surface area contributed by atoms with Crippen LogP contribution in [0.2, 0.25) is 0 Å². The molecule has 0 fully saturated rings. The van der Waals surface area contributed by atoms with Crippen molar-refractivity contribution in [3.63, 3.8) is 0 Å². The summed E-state index contributed by atoms with van der Waals surface area (Å²) in [5.41, 5.74) is 2.56. The highest BCUT2D eigenvalue weighted by Gasteiger charge is 2.03. The van der Waals surface area contributed by atoms with Crippen LogP contribution in [-0.4, -0.2) is 4.43 Å². The summed E-state index contributed by atoms with van der Waals surface area (Å²) in [5, 5.41) is 0. The number of halogens is 2. The highest BCUT2D eigenvalue weighted by molar-refractivity contribution is 14.1. The lowest BCUT2D eigenvalue weighted by atomic mass is 10.1. The normalized spacial score (nSPS) is 11.5. The maximum Gasteiger partial charge on any atom is 0.0318 e. The summed E-state index contributed by atoms with van der Waals surface area (Å²) in [6.45, 7) is 2.21. The molecule has 0 atom stereocenters. The van der Waals surface area contributed by atoms with Crippen LogP contribution in [0, 0.1) is 11.8 Å². The molecular formula is C16H18I2. The van der Waals surface area contributed by atoms with Crippen LogP contribution in [0.5, 0.6) is 0 Å². The van der Waals surface area contributed by atoms with Gasteiger partial charge in [0.2, 0.25) is 0 Å². The lowest BCUT2D eigenvalue weighted by molar-refractivity contribution is 0.828. The zero-order chi connectivity index (χ0) is 13.2. The average molecular weight is 464 g/mol. The van der Waals surface area contributed by atoms with E-state index >= 15 is 0 Å². The Bertz CT molecular complexity index is 435. The van der Waals surface area contributed by atoms with Gasteiger partial charge in [0.1, 0.15) is 0 Å². The fourth-order valence-electron chi connectivity index (χ4n) is 1.51. The van der Waals surface area contributed by atoms with E-state index in [1.165, 1.54) is 27.6 Å². The van der Waals surface area contributed by atoms with Crippen LogP contribution >= 0.6 is 45.2 Å². The first-order valence-corrected chi connectivity index (χ1v) is 8.89. The van der Waals surface area contributed by atoms with Gasteiger partial charge in [-0.1, -0.05) is 78.1 Å². The van der Waals surface area contributed by atoms with E-state index in [1.54, 1.807) is 0 Å². The van der Waals surface area contributed by atoms with Gasteiger partial charge in [-0.05, 0) is 41.0 Å². The summed E-state index contributed by atoms with van der Waals surface area (Å²) in [5.74, 6) is 6.68. The predicted octanol–water partition coefficient (Wildman–Crippen LogP) is 5.85. The molecule has 0 amide bonds. The van der Waals surface area contributed by atoms with E-state index in [9.17, 15) is 0 Å². The highest BCUT2D eigenvalue weighted by Crippen LogP contribution is 2.27. The van der Waals surface area contributed by atoms with Crippen LogP contribution < -0.4 is 0 Å². The minimum Gasteiger partial charge on any atom is -0.0982 e. The van der Waals surface area contributed by atoms with Crippen molar-refractivity contribution in [2.24, 2.45) is 0 Å². The number of alkyl halides is 1. The smallest absolute Gasteiger partial charge is 0.0318 e. The van der Waals surface area contributed by atoms with Gasteiger partial charge in [0.15, 0.2) is 0 Å². The van der Waals surface area contributed by atoms with E-state index in [0.29, 0.717) is 0 Å². The summed E-state index contributed by atoms with van der Waals surface area (Å²) in [4.78, 5) is 0. The zero-order valence-corrected chi connectivity index (χ0v) is 15.0. The molecule has 0 aromatic heterocycles. The van der Waals surface area contributed by atoms with Crippen LogP contribution in [0.4, 0.5) is 0 Å². The van der Waals surface area contributed by atoms with E-state index in [2.05, 4.69) is 94.3 Å². The molecule has 2 heteroatoms. The first kappa shape index (κ1) is 16.0. The first-order chi connectivity index (χ1) is 8.79. The summed E-state index contributed by atoms with van der Waals surface area (Å²) >= 11 is 4.85. The van der Waals surface area contributed by atoms with Gasteiger partial charge in [-0.15, -0.1) is 0 Å². The molecule has 0 aliphatic rings. The second-order valence-electron chi connectivity index (χ2n) is 4.00. The second kappa shape index (κ2) is 9.85. The monoisotopic (exact) mass is 464 g/mol. The Morgan fingerprint density at radius 3 is 2.56 bits per heavy atom. The molecule has 18 heavy (non-hydrogen) atoms. The van der Waals surface area contributed by atoms with Gasteiger partial charge in [-0.25, -0.2) is 0 Å². The predicted molar refractivity (Wildman–Crippen MR) is 98.2 cm³/mol. The Balaban J connectivity index is 2.90. The molecule has 0 spiro atoms. The fraction of sp³-hybridized carbons (Fsp3) is 0.375.